The molecule has 0 aliphatic heterocycles. The van der Waals surface area contributed by atoms with Gasteiger partial charge in [0.15, 0.2) is 0 Å². The fraction of sp³-hybridized carbons (Fsp3) is 0.889. The molecule has 0 saturated heterocycles. The summed E-state index contributed by atoms with van der Waals surface area (Å²) in [5, 5.41) is 0. The quantitative estimate of drug-likeness (QED) is 0.610. The van der Waals surface area contributed by atoms with Crippen LogP contribution in [0.5, 0.6) is 0 Å². The van der Waals surface area contributed by atoms with Crippen molar-refractivity contribution in [1.29, 1.82) is 0 Å². The first-order chi connectivity index (χ1) is 5.18. The fourth-order valence-corrected chi connectivity index (χ4v) is 1.49. The summed E-state index contributed by atoms with van der Waals surface area (Å²) in [6.45, 7) is 4.03. The molecule has 1 unspecified atom stereocenters. The van der Waals surface area contributed by atoms with Crippen LogP contribution in [0.1, 0.15) is 39.5 Å². The summed E-state index contributed by atoms with van der Waals surface area (Å²) in [4.78, 5) is 11.0. The lowest BCUT2D eigenvalue weighted by atomic mass is 9.96. The van der Waals surface area contributed by atoms with Crippen molar-refractivity contribution in [3.8, 4) is 0 Å². The fourth-order valence-electron chi connectivity index (χ4n) is 1.49. The number of hydrogen-bond acceptors (Lipinski definition) is 2. The third kappa shape index (κ3) is 3.02. The summed E-state index contributed by atoms with van der Waals surface area (Å²) in [7, 11) is 0. The van der Waals surface area contributed by atoms with Gasteiger partial charge in [-0.2, -0.15) is 0 Å². The van der Waals surface area contributed by atoms with Crippen molar-refractivity contribution < 1.29 is 9.53 Å². The van der Waals surface area contributed by atoms with Crippen LogP contribution in [0.25, 0.3) is 0 Å². The van der Waals surface area contributed by atoms with Crippen molar-refractivity contribution in [2.24, 2.45) is 0 Å². The molecule has 2 nitrogen and oxygen atoms in total. The maximum Gasteiger partial charge on any atom is 0.135 e. The molecule has 11 heavy (non-hydrogen) atoms. The summed E-state index contributed by atoms with van der Waals surface area (Å²) >= 11 is 0. The minimum absolute atomic E-state index is 0.205. The average Bonchev–Trinajstić information content (AvgIpc) is 1.85. The van der Waals surface area contributed by atoms with Crippen molar-refractivity contribution >= 4 is 5.78 Å². The molecule has 0 aromatic heterocycles. The summed E-state index contributed by atoms with van der Waals surface area (Å²) < 4.78 is 5.54. The third-order valence-corrected chi connectivity index (χ3v) is 1.90. The van der Waals surface area contributed by atoms with Gasteiger partial charge in [0.05, 0.1) is 12.2 Å². The van der Waals surface area contributed by atoms with Crippen LogP contribution in [0, 0.1) is 0 Å². The van der Waals surface area contributed by atoms with Gasteiger partial charge in [-0.15, -0.1) is 0 Å². The van der Waals surface area contributed by atoms with Crippen LogP contribution in [0.4, 0.5) is 0 Å². The van der Waals surface area contributed by atoms with Gasteiger partial charge in [0.25, 0.3) is 0 Å². The van der Waals surface area contributed by atoms with E-state index in [2.05, 4.69) is 0 Å². The third-order valence-electron chi connectivity index (χ3n) is 1.90. The lowest BCUT2D eigenvalue weighted by molar-refractivity contribution is -0.125. The minimum Gasteiger partial charge on any atom is -0.375 e. The van der Waals surface area contributed by atoms with Crippen LogP contribution in [-0.2, 0) is 9.53 Å². The van der Waals surface area contributed by atoms with E-state index < -0.39 is 0 Å². The molecule has 0 heterocycles. The average molecular weight is 156 g/mol. The highest BCUT2D eigenvalue weighted by molar-refractivity contribution is 5.79. The highest BCUT2D eigenvalue weighted by Gasteiger charge is 2.20. The molecule has 1 aliphatic carbocycles. The second-order valence-electron chi connectivity index (χ2n) is 3.44. The van der Waals surface area contributed by atoms with Crippen molar-refractivity contribution in [2.45, 2.75) is 51.7 Å². The molecule has 0 spiro atoms. The molecule has 1 saturated carbocycles. The zero-order valence-electron chi connectivity index (χ0n) is 7.30. The normalized spacial score (nSPS) is 26.1. The van der Waals surface area contributed by atoms with Crippen LogP contribution >= 0.6 is 0 Å². The Bertz CT molecular complexity index is 140. The molecule has 2 heteroatoms. The van der Waals surface area contributed by atoms with Gasteiger partial charge in [0.1, 0.15) is 5.78 Å². The van der Waals surface area contributed by atoms with Crippen LogP contribution in [-0.4, -0.2) is 18.0 Å². The number of ether oxygens (including phenoxy) is 1. The van der Waals surface area contributed by atoms with Gasteiger partial charge >= 0.3 is 0 Å². The van der Waals surface area contributed by atoms with E-state index in [1.165, 1.54) is 0 Å². The first-order valence-electron chi connectivity index (χ1n) is 4.35. The lowest BCUT2D eigenvalue weighted by Crippen LogP contribution is -2.25. The lowest BCUT2D eigenvalue weighted by Gasteiger charge is -2.23. The summed E-state index contributed by atoms with van der Waals surface area (Å²) in [6.07, 6.45) is 3.93. The SMILES string of the molecule is CC(C)OC1CCCC(=O)C1. The largest absolute Gasteiger partial charge is 0.375 e. The van der Waals surface area contributed by atoms with E-state index in [-0.39, 0.29) is 12.2 Å². The molecular formula is C9H16O2. The minimum atomic E-state index is 0.205. The van der Waals surface area contributed by atoms with Gasteiger partial charge in [0.2, 0.25) is 0 Å². The van der Waals surface area contributed by atoms with Crippen LogP contribution in [0.3, 0.4) is 0 Å². The molecule has 0 aromatic carbocycles. The van der Waals surface area contributed by atoms with Crippen LogP contribution in [0.2, 0.25) is 0 Å². The van der Waals surface area contributed by atoms with Crippen molar-refractivity contribution in [3.63, 3.8) is 0 Å². The van der Waals surface area contributed by atoms with E-state index in [9.17, 15) is 4.79 Å². The highest BCUT2D eigenvalue weighted by Crippen LogP contribution is 2.18. The standard InChI is InChI=1S/C9H16O2/c1-7(2)11-9-5-3-4-8(10)6-9/h7,9H,3-6H2,1-2H3. The Morgan fingerprint density at radius 1 is 1.55 bits per heavy atom. The van der Waals surface area contributed by atoms with Gasteiger partial charge in [-0.05, 0) is 26.7 Å². The van der Waals surface area contributed by atoms with Gasteiger partial charge < -0.3 is 4.74 Å². The number of ketones is 1. The van der Waals surface area contributed by atoms with Gasteiger partial charge in [-0.3, -0.25) is 4.79 Å². The Balaban J connectivity index is 2.28. The summed E-state index contributed by atoms with van der Waals surface area (Å²) in [5.74, 6) is 0.363. The van der Waals surface area contributed by atoms with Crippen molar-refractivity contribution in [3.05, 3.63) is 0 Å². The van der Waals surface area contributed by atoms with E-state index in [1.807, 2.05) is 13.8 Å². The number of hydrogen-bond donors (Lipinski definition) is 0. The Kier molecular flexibility index (Phi) is 3.06. The van der Waals surface area contributed by atoms with Crippen molar-refractivity contribution in [1.82, 2.24) is 0 Å². The smallest absolute Gasteiger partial charge is 0.135 e. The molecule has 1 aliphatic rings. The molecule has 0 N–H and O–H groups in total. The molecule has 1 rings (SSSR count). The Hall–Kier alpha value is -0.370. The van der Waals surface area contributed by atoms with E-state index in [1.54, 1.807) is 0 Å². The number of Topliss-reactive ketones (excluding diaryl/α,β-unsaturated/α-hetero) is 1. The second-order valence-corrected chi connectivity index (χ2v) is 3.44. The van der Waals surface area contributed by atoms with Crippen LogP contribution < -0.4 is 0 Å². The Morgan fingerprint density at radius 3 is 2.82 bits per heavy atom. The molecule has 0 amide bonds. The number of carbonyl (C=O) groups excluding carboxylic acids is 1. The second kappa shape index (κ2) is 3.86. The van der Waals surface area contributed by atoms with E-state index in [0.29, 0.717) is 12.2 Å². The topological polar surface area (TPSA) is 26.3 Å². The maximum absolute atomic E-state index is 11.0. The van der Waals surface area contributed by atoms with E-state index >= 15 is 0 Å². The van der Waals surface area contributed by atoms with Gasteiger partial charge in [-0.1, -0.05) is 0 Å². The van der Waals surface area contributed by atoms with Crippen LogP contribution in [0.15, 0.2) is 0 Å². The molecule has 1 fully saturated rings. The monoisotopic (exact) mass is 156 g/mol. The Morgan fingerprint density at radius 2 is 2.27 bits per heavy atom. The van der Waals surface area contributed by atoms with Gasteiger partial charge in [0, 0.05) is 12.8 Å². The number of rotatable bonds is 2. The van der Waals surface area contributed by atoms with Gasteiger partial charge in [-0.25, -0.2) is 0 Å². The summed E-state index contributed by atoms with van der Waals surface area (Å²) in [5.41, 5.74) is 0. The summed E-state index contributed by atoms with van der Waals surface area (Å²) in [6, 6.07) is 0. The van der Waals surface area contributed by atoms with E-state index in [0.717, 1.165) is 19.3 Å². The zero-order valence-corrected chi connectivity index (χ0v) is 7.30. The predicted octanol–water partition coefficient (Wildman–Crippen LogP) is 1.92. The predicted molar refractivity (Wildman–Crippen MR) is 43.5 cm³/mol. The highest BCUT2D eigenvalue weighted by atomic mass is 16.5. The first kappa shape index (κ1) is 8.72. The van der Waals surface area contributed by atoms with Crippen molar-refractivity contribution in [2.75, 3.05) is 0 Å². The molecule has 1 atom stereocenters. The number of carbonyl (C=O) groups is 1. The molecule has 64 valence electrons. The molecule has 0 aromatic rings. The zero-order chi connectivity index (χ0) is 8.27. The molecular weight excluding hydrogens is 140 g/mol. The molecule has 0 bridgehead atoms. The Labute approximate surface area is 67.9 Å². The van der Waals surface area contributed by atoms with E-state index in [4.69, 9.17) is 4.74 Å². The first-order valence-corrected chi connectivity index (χ1v) is 4.35. The molecule has 0 radical (unpaired) electrons. The maximum atomic E-state index is 11.0.